The average molecular weight is 328 g/mol. The highest BCUT2D eigenvalue weighted by Crippen LogP contribution is 2.21. The molecule has 3 nitrogen and oxygen atoms in total. The number of hydrogen-bond donors (Lipinski definition) is 1. The van der Waals surface area contributed by atoms with E-state index in [4.69, 9.17) is 0 Å². The van der Waals surface area contributed by atoms with Crippen molar-refractivity contribution in [3.05, 3.63) is 96.2 Å². The molecule has 0 fully saturated rings. The molecule has 124 valence electrons. The van der Waals surface area contributed by atoms with E-state index in [9.17, 15) is 4.79 Å². The Morgan fingerprint density at radius 1 is 1.00 bits per heavy atom. The summed E-state index contributed by atoms with van der Waals surface area (Å²) in [6, 6.07) is 23.6. The van der Waals surface area contributed by atoms with Crippen molar-refractivity contribution >= 4 is 12.0 Å². The van der Waals surface area contributed by atoms with Crippen LogP contribution in [0.4, 0.5) is 0 Å². The number of rotatable bonds is 5. The Morgan fingerprint density at radius 3 is 2.56 bits per heavy atom. The molecule has 1 aromatic heterocycles. The van der Waals surface area contributed by atoms with Gasteiger partial charge in [-0.25, -0.2) is 0 Å². The molecule has 1 heterocycles. The first-order chi connectivity index (χ1) is 12.2. The lowest BCUT2D eigenvalue weighted by atomic mass is 10.0. The van der Waals surface area contributed by atoms with E-state index in [2.05, 4.69) is 16.4 Å². The first kappa shape index (κ1) is 16.7. The molecule has 3 heteroatoms. The largest absolute Gasteiger partial charge is 0.346 e. The van der Waals surface area contributed by atoms with Gasteiger partial charge in [0.1, 0.15) is 0 Å². The molecule has 2 aromatic carbocycles. The molecule has 1 N–H and O–H groups in total. The van der Waals surface area contributed by atoms with Crippen LogP contribution >= 0.6 is 0 Å². The van der Waals surface area contributed by atoms with Crippen molar-refractivity contribution in [3.63, 3.8) is 0 Å². The molecule has 3 rings (SSSR count). The molecule has 3 aromatic rings. The Bertz CT molecular complexity index is 857. The van der Waals surface area contributed by atoms with Crippen molar-refractivity contribution in [3.8, 4) is 11.3 Å². The fourth-order valence-electron chi connectivity index (χ4n) is 2.58. The second-order valence-electron chi connectivity index (χ2n) is 5.81. The smallest absolute Gasteiger partial charge is 0.244 e. The number of hydrogen-bond acceptors (Lipinski definition) is 2. The summed E-state index contributed by atoms with van der Waals surface area (Å²) < 4.78 is 0. The van der Waals surface area contributed by atoms with Crippen molar-refractivity contribution in [1.82, 2.24) is 10.3 Å². The zero-order valence-electron chi connectivity index (χ0n) is 14.1. The normalized spacial score (nSPS) is 12.0. The number of nitrogens with one attached hydrogen (secondary N) is 1. The third kappa shape index (κ3) is 4.64. The highest BCUT2D eigenvalue weighted by atomic mass is 16.1. The van der Waals surface area contributed by atoms with Crippen LogP contribution in [0.2, 0.25) is 0 Å². The number of carbonyl (C=O) groups is 1. The first-order valence-corrected chi connectivity index (χ1v) is 8.27. The number of nitrogens with zero attached hydrogens (tertiary/aromatic N) is 1. The lowest BCUT2D eigenvalue weighted by Crippen LogP contribution is -2.24. The standard InChI is InChI=1S/C22H20N2O/c1-17(24-22(25)14-13-18-8-3-2-4-9-18)19-10-7-11-20(16-19)21-12-5-6-15-23-21/h2-17H,1H3,(H,24,25). The van der Waals surface area contributed by atoms with Crippen LogP contribution < -0.4 is 5.32 Å². The van der Waals surface area contributed by atoms with E-state index >= 15 is 0 Å². The summed E-state index contributed by atoms with van der Waals surface area (Å²) in [5.74, 6) is -0.111. The van der Waals surface area contributed by atoms with Crippen molar-refractivity contribution in [2.75, 3.05) is 0 Å². The van der Waals surface area contributed by atoms with Gasteiger partial charge in [-0.05, 0) is 42.3 Å². The van der Waals surface area contributed by atoms with E-state index in [0.717, 1.165) is 22.4 Å². The van der Waals surface area contributed by atoms with E-state index in [1.165, 1.54) is 0 Å². The van der Waals surface area contributed by atoms with Gasteiger partial charge in [-0.1, -0.05) is 54.6 Å². The Hall–Kier alpha value is -3.20. The predicted molar refractivity (Wildman–Crippen MR) is 102 cm³/mol. The SMILES string of the molecule is CC(NC(=O)C=Cc1ccccc1)c1cccc(-c2ccccn2)c1. The van der Waals surface area contributed by atoms with Crippen molar-refractivity contribution in [2.45, 2.75) is 13.0 Å². The van der Waals surface area contributed by atoms with Crippen LogP contribution in [-0.2, 0) is 4.79 Å². The van der Waals surface area contributed by atoms with Crippen LogP contribution in [0.3, 0.4) is 0 Å². The average Bonchev–Trinajstić information content (AvgIpc) is 2.68. The van der Waals surface area contributed by atoms with E-state index in [-0.39, 0.29) is 11.9 Å². The molecule has 25 heavy (non-hydrogen) atoms. The van der Waals surface area contributed by atoms with Gasteiger partial charge in [0.15, 0.2) is 0 Å². The highest BCUT2D eigenvalue weighted by molar-refractivity contribution is 5.92. The van der Waals surface area contributed by atoms with Crippen LogP contribution in [0.15, 0.2) is 85.1 Å². The fourth-order valence-corrected chi connectivity index (χ4v) is 2.58. The molecule has 0 saturated carbocycles. The fraction of sp³-hybridized carbons (Fsp3) is 0.0909. The molecule has 0 saturated heterocycles. The van der Waals surface area contributed by atoms with E-state index < -0.39 is 0 Å². The van der Waals surface area contributed by atoms with Gasteiger partial charge in [0.05, 0.1) is 11.7 Å². The molecule has 1 unspecified atom stereocenters. The topological polar surface area (TPSA) is 42.0 Å². The molecule has 1 atom stereocenters. The molecular weight excluding hydrogens is 308 g/mol. The minimum absolute atomic E-state index is 0.0865. The maximum Gasteiger partial charge on any atom is 0.244 e. The molecule has 0 radical (unpaired) electrons. The molecule has 0 aliphatic carbocycles. The summed E-state index contributed by atoms with van der Waals surface area (Å²) in [5, 5.41) is 3.00. The Balaban J connectivity index is 1.68. The third-order valence-corrected chi connectivity index (χ3v) is 3.93. The van der Waals surface area contributed by atoms with Crippen LogP contribution in [-0.4, -0.2) is 10.9 Å². The van der Waals surface area contributed by atoms with Crippen LogP contribution in [0, 0.1) is 0 Å². The second-order valence-corrected chi connectivity index (χ2v) is 5.81. The summed E-state index contributed by atoms with van der Waals surface area (Å²) in [4.78, 5) is 16.5. The minimum atomic E-state index is -0.111. The maximum atomic E-state index is 12.1. The highest BCUT2D eigenvalue weighted by Gasteiger charge is 2.09. The first-order valence-electron chi connectivity index (χ1n) is 8.27. The lowest BCUT2D eigenvalue weighted by molar-refractivity contribution is -0.117. The summed E-state index contributed by atoms with van der Waals surface area (Å²) >= 11 is 0. The second kappa shape index (κ2) is 8.06. The predicted octanol–water partition coefficient (Wildman–Crippen LogP) is 4.64. The van der Waals surface area contributed by atoms with Crippen molar-refractivity contribution in [1.29, 1.82) is 0 Å². The monoisotopic (exact) mass is 328 g/mol. The van der Waals surface area contributed by atoms with E-state index in [1.54, 1.807) is 12.3 Å². The summed E-state index contributed by atoms with van der Waals surface area (Å²) in [7, 11) is 0. The minimum Gasteiger partial charge on any atom is -0.346 e. The molecular formula is C22H20N2O. The van der Waals surface area contributed by atoms with E-state index in [0.29, 0.717) is 0 Å². The molecule has 1 amide bonds. The zero-order valence-corrected chi connectivity index (χ0v) is 14.1. The molecule has 0 aliphatic heterocycles. The number of pyridine rings is 1. The molecule has 0 aliphatic rings. The third-order valence-electron chi connectivity index (χ3n) is 3.93. The number of amides is 1. The quantitative estimate of drug-likeness (QED) is 0.693. The number of carbonyl (C=O) groups excluding carboxylic acids is 1. The lowest BCUT2D eigenvalue weighted by Gasteiger charge is -2.14. The number of aromatic nitrogens is 1. The van der Waals surface area contributed by atoms with E-state index in [1.807, 2.05) is 79.7 Å². The Morgan fingerprint density at radius 2 is 1.80 bits per heavy atom. The van der Waals surface area contributed by atoms with Gasteiger partial charge in [0, 0.05) is 17.8 Å². The van der Waals surface area contributed by atoms with Gasteiger partial charge in [-0.3, -0.25) is 9.78 Å². The Kier molecular flexibility index (Phi) is 5.37. The number of benzene rings is 2. The molecule has 0 spiro atoms. The molecule has 0 bridgehead atoms. The van der Waals surface area contributed by atoms with Gasteiger partial charge < -0.3 is 5.32 Å². The summed E-state index contributed by atoms with van der Waals surface area (Å²) in [6.45, 7) is 1.98. The van der Waals surface area contributed by atoms with Crippen LogP contribution in [0.1, 0.15) is 24.1 Å². The van der Waals surface area contributed by atoms with Gasteiger partial charge >= 0.3 is 0 Å². The van der Waals surface area contributed by atoms with Crippen LogP contribution in [0.5, 0.6) is 0 Å². The van der Waals surface area contributed by atoms with Gasteiger partial charge in [0.25, 0.3) is 0 Å². The van der Waals surface area contributed by atoms with Gasteiger partial charge in [-0.2, -0.15) is 0 Å². The maximum absolute atomic E-state index is 12.1. The van der Waals surface area contributed by atoms with Crippen molar-refractivity contribution < 1.29 is 4.79 Å². The van der Waals surface area contributed by atoms with Gasteiger partial charge in [0.2, 0.25) is 5.91 Å². The van der Waals surface area contributed by atoms with Crippen molar-refractivity contribution in [2.24, 2.45) is 0 Å². The summed E-state index contributed by atoms with van der Waals surface area (Å²) in [5.41, 5.74) is 4.01. The zero-order chi connectivity index (χ0) is 17.5. The van der Waals surface area contributed by atoms with Gasteiger partial charge in [-0.15, -0.1) is 0 Å². The Labute approximate surface area is 148 Å². The van der Waals surface area contributed by atoms with Crippen LogP contribution in [0.25, 0.3) is 17.3 Å². The summed E-state index contributed by atoms with van der Waals surface area (Å²) in [6.07, 6.45) is 5.16.